The van der Waals surface area contributed by atoms with Crippen LogP contribution in [0.25, 0.3) is 0 Å². The van der Waals surface area contributed by atoms with E-state index in [1.165, 1.54) is 51.4 Å². The second-order valence-corrected chi connectivity index (χ2v) is 6.55. The van der Waals surface area contributed by atoms with Crippen LogP contribution in [0.5, 0.6) is 0 Å². The van der Waals surface area contributed by atoms with Crippen LogP contribution in [0.4, 0.5) is 0 Å². The van der Waals surface area contributed by atoms with Crippen molar-refractivity contribution in [1.29, 1.82) is 0 Å². The minimum Gasteiger partial charge on any atom is -0.400 e. The first-order valence-electron chi connectivity index (χ1n) is 11.2. The normalized spacial score (nSPS) is 8.25. The van der Waals surface area contributed by atoms with E-state index in [1.807, 2.05) is 0 Å². The minimum atomic E-state index is 0. The molecule has 0 unspecified atom stereocenters. The van der Waals surface area contributed by atoms with Crippen LogP contribution in [0.3, 0.4) is 0 Å². The standard InChI is InChI=1S/2C10H22O2.2CH4O.2CH3.2Ti/c2*11-9-7-5-3-1-2-4-6-8-10-12;2*1-2;;;;/h2*11-12H,1-10H2;2*2H,1H3;2*1H3;;/q;;;;2*-1;;. The van der Waals surface area contributed by atoms with Crippen molar-refractivity contribution < 1.29 is 74.1 Å². The Morgan fingerprint density at radius 1 is 0.281 bits per heavy atom. The number of hydrogen-bond donors (Lipinski definition) is 6. The summed E-state index contributed by atoms with van der Waals surface area (Å²) in [6, 6.07) is 0. The Bertz CT molecular complexity index is 165. The summed E-state index contributed by atoms with van der Waals surface area (Å²) in [5.74, 6) is 0. The Hall–Kier alpha value is 1.19. The van der Waals surface area contributed by atoms with Crippen molar-refractivity contribution in [3.8, 4) is 0 Å². The maximum atomic E-state index is 8.51. The zero-order valence-electron chi connectivity index (χ0n) is 21.8. The summed E-state index contributed by atoms with van der Waals surface area (Å²) in [7, 11) is 2.00. The molecule has 0 saturated carbocycles. The van der Waals surface area contributed by atoms with Crippen molar-refractivity contribution in [2.45, 2.75) is 103 Å². The molecule has 0 aromatic rings. The molecule has 32 heavy (non-hydrogen) atoms. The number of hydrogen-bond acceptors (Lipinski definition) is 6. The Labute approximate surface area is 231 Å². The van der Waals surface area contributed by atoms with Gasteiger partial charge in [0.2, 0.25) is 0 Å². The predicted octanol–water partition coefficient (Wildman–Crippen LogP) is 4.30. The second-order valence-electron chi connectivity index (χ2n) is 6.55. The fraction of sp³-hybridized carbons (Fsp3) is 0.917. The molecule has 0 aliphatic rings. The molecular weight excluding hydrogens is 480 g/mol. The van der Waals surface area contributed by atoms with E-state index in [1.54, 1.807) is 0 Å². The van der Waals surface area contributed by atoms with Crippen LogP contribution in [0.2, 0.25) is 0 Å². The molecule has 8 heteroatoms. The Balaban J connectivity index is -0.0000000467. The first-order chi connectivity index (χ1) is 13.8. The fourth-order valence-electron chi connectivity index (χ4n) is 2.57. The smallest absolute Gasteiger partial charge is 0.0431 e. The van der Waals surface area contributed by atoms with Crippen molar-refractivity contribution in [3.63, 3.8) is 0 Å². The van der Waals surface area contributed by atoms with Crippen molar-refractivity contribution in [2.24, 2.45) is 0 Å². The zero-order chi connectivity index (χ0) is 22.1. The van der Waals surface area contributed by atoms with Crippen LogP contribution in [0.1, 0.15) is 103 Å². The van der Waals surface area contributed by atoms with Crippen molar-refractivity contribution in [1.82, 2.24) is 0 Å². The molecule has 0 bridgehead atoms. The average Bonchev–Trinajstić information content (AvgIpc) is 2.75. The summed E-state index contributed by atoms with van der Waals surface area (Å²) in [6.45, 7) is 1.35. The fourth-order valence-corrected chi connectivity index (χ4v) is 2.57. The summed E-state index contributed by atoms with van der Waals surface area (Å²) in [6.07, 6.45) is 18.6. The van der Waals surface area contributed by atoms with Crippen molar-refractivity contribution in [2.75, 3.05) is 40.6 Å². The van der Waals surface area contributed by atoms with Crippen molar-refractivity contribution >= 4 is 0 Å². The van der Waals surface area contributed by atoms with Gasteiger partial charge >= 0.3 is 0 Å². The molecule has 0 spiro atoms. The molecule has 0 amide bonds. The van der Waals surface area contributed by atoms with E-state index < -0.39 is 0 Å². The quantitative estimate of drug-likeness (QED) is 0.0880. The SMILES string of the molecule is CO.CO.OCCCCCCCCCCO.OCCCCCCCCCCO.[CH3-].[CH3-].[Ti].[Ti]. The van der Waals surface area contributed by atoms with E-state index in [9.17, 15) is 0 Å². The maximum absolute atomic E-state index is 8.51. The number of aliphatic hydroxyl groups excluding tert-OH is 6. The van der Waals surface area contributed by atoms with Gasteiger partial charge in [-0.3, -0.25) is 0 Å². The van der Waals surface area contributed by atoms with E-state index in [4.69, 9.17) is 30.6 Å². The third kappa shape index (κ3) is 77.2. The van der Waals surface area contributed by atoms with Gasteiger partial charge in [-0.2, -0.15) is 0 Å². The molecular formula is C24H58O6Ti2-2. The minimum absolute atomic E-state index is 0. The van der Waals surface area contributed by atoms with E-state index in [2.05, 4.69) is 0 Å². The first kappa shape index (κ1) is 54.2. The summed E-state index contributed by atoms with van der Waals surface area (Å²) >= 11 is 0. The molecule has 0 aliphatic carbocycles. The molecule has 0 aromatic heterocycles. The van der Waals surface area contributed by atoms with E-state index >= 15 is 0 Å². The van der Waals surface area contributed by atoms with E-state index in [0.29, 0.717) is 26.4 Å². The zero-order valence-corrected chi connectivity index (χ0v) is 24.9. The second kappa shape index (κ2) is 69.7. The molecule has 0 atom stereocenters. The Kier molecular flexibility index (Phi) is 118. The summed E-state index contributed by atoms with van der Waals surface area (Å²) < 4.78 is 0. The van der Waals surface area contributed by atoms with Gasteiger partial charge in [0.25, 0.3) is 0 Å². The summed E-state index contributed by atoms with van der Waals surface area (Å²) in [4.78, 5) is 0. The van der Waals surface area contributed by atoms with Crippen LogP contribution in [0, 0.1) is 14.9 Å². The van der Waals surface area contributed by atoms with Crippen LogP contribution < -0.4 is 0 Å². The van der Waals surface area contributed by atoms with Crippen molar-refractivity contribution in [3.05, 3.63) is 14.9 Å². The van der Waals surface area contributed by atoms with Gasteiger partial charge in [-0.1, -0.05) is 77.0 Å². The van der Waals surface area contributed by atoms with Crippen LogP contribution >= 0.6 is 0 Å². The molecule has 0 heterocycles. The largest absolute Gasteiger partial charge is 0.400 e. The summed E-state index contributed by atoms with van der Waals surface area (Å²) in [5, 5.41) is 48.0. The third-order valence-corrected chi connectivity index (χ3v) is 4.13. The van der Waals surface area contributed by atoms with Gasteiger partial charge in [-0.05, 0) is 25.7 Å². The third-order valence-electron chi connectivity index (χ3n) is 4.13. The molecule has 0 rings (SSSR count). The van der Waals surface area contributed by atoms with Gasteiger partial charge in [0.1, 0.15) is 0 Å². The molecule has 0 radical (unpaired) electrons. The van der Waals surface area contributed by atoms with Gasteiger partial charge in [0, 0.05) is 84.1 Å². The monoisotopic (exact) mass is 538 g/mol. The molecule has 0 aromatic carbocycles. The van der Waals surface area contributed by atoms with Gasteiger partial charge in [-0.15, -0.1) is 0 Å². The van der Waals surface area contributed by atoms with E-state index in [0.717, 1.165) is 65.6 Å². The molecule has 6 N–H and O–H groups in total. The van der Waals surface area contributed by atoms with Gasteiger partial charge < -0.3 is 45.5 Å². The topological polar surface area (TPSA) is 121 Å². The van der Waals surface area contributed by atoms with Crippen LogP contribution in [-0.4, -0.2) is 71.3 Å². The Morgan fingerprint density at radius 3 is 0.469 bits per heavy atom. The van der Waals surface area contributed by atoms with Gasteiger partial charge in [0.15, 0.2) is 0 Å². The summed E-state index contributed by atoms with van der Waals surface area (Å²) in [5.41, 5.74) is 0. The molecule has 6 nitrogen and oxygen atoms in total. The first-order valence-corrected chi connectivity index (χ1v) is 11.2. The maximum Gasteiger partial charge on any atom is 0.0431 e. The predicted molar refractivity (Wildman–Crippen MR) is 131 cm³/mol. The average molecular weight is 538 g/mol. The molecule has 200 valence electrons. The number of rotatable bonds is 18. The molecule has 0 fully saturated rings. The van der Waals surface area contributed by atoms with E-state index in [-0.39, 0.29) is 58.3 Å². The number of aliphatic hydroxyl groups is 6. The molecule has 0 saturated heterocycles. The Morgan fingerprint density at radius 2 is 0.375 bits per heavy atom. The van der Waals surface area contributed by atoms with Gasteiger partial charge in [0.05, 0.1) is 0 Å². The van der Waals surface area contributed by atoms with Gasteiger partial charge in [-0.25, -0.2) is 0 Å². The van der Waals surface area contributed by atoms with Crippen LogP contribution in [0.15, 0.2) is 0 Å². The molecule has 0 aliphatic heterocycles. The van der Waals surface area contributed by atoms with Crippen LogP contribution in [-0.2, 0) is 43.4 Å². The number of unbranched alkanes of at least 4 members (excludes halogenated alkanes) is 14.